The molecule has 1 aromatic carbocycles. The Kier molecular flexibility index (Phi) is 4.20. The number of hydrogen-bond donors (Lipinski definition) is 1. The Morgan fingerprint density at radius 3 is 2.72 bits per heavy atom. The first kappa shape index (κ1) is 12.9. The van der Waals surface area contributed by atoms with Gasteiger partial charge in [-0.25, -0.2) is 4.79 Å². The maximum Gasteiger partial charge on any atom is 0.407 e. The molecular formula is C14H19NO3. The largest absolute Gasteiger partial charge is 0.444 e. The summed E-state index contributed by atoms with van der Waals surface area (Å²) < 4.78 is 10.9. The average Bonchev–Trinajstić information content (AvgIpc) is 2.70. The van der Waals surface area contributed by atoms with Crippen molar-refractivity contribution in [1.82, 2.24) is 5.32 Å². The number of benzene rings is 1. The molecule has 0 aliphatic carbocycles. The van der Waals surface area contributed by atoms with Crippen LogP contribution in [0.1, 0.15) is 19.4 Å². The third-order valence-corrected chi connectivity index (χ3v) is 3.13. The predicted molar refractivity (Wildman–Crippen MR) is 68.1 cm³/mol. The normalized spacial score (nSPS) is 24.4. The first-order chi connectivity index (χ1) is 8.66. The molecule has 4 nitrogen and oxygen atoms in total. The monoisotopic (exact) mass is 249 g/mol. The third kappa shape index (κ3) is 3.23. The Morgan fingerprint density at radius 2 is 2.11 bits per heavy atom. The molecule has 0 aromatic heterocycles. The van der Waals surface area contributed by atoms with E-state index in [2.05, 4.69) is 5.32 Å². The molecule has 1 aromatic rings. The molecule has 3 atom stereocenters. The van der Waals surface area contributed by atoms with Crippen molar-refractivity contribution >= 4 is 6.09 Å². The van der Waals surface area contributed by atoms with Gasteiger partial charge in [0.05, 0.1) is 19.3 Å². The highest BCUT2D eigenvalue weighted by Crippen LogP contribution is 2.18. The van der Waals surface area contributed by atoms with Crippen molar-refractivity contribution in [1.29, 1.82) is 0 Å². The van der Waals surface area contributed by atoms with E-state index in [9.17, 15) is 4.79 Å². The molecule has 0 radical (unpaired) electrons. The molecule has 1 heterocycles. The molecule has 1 saturated heterocycles. The van der Waals surface area contributed by atoms with Crippen LogP contribution in [0.4, 0.5) is 4.79 Å². The van der Waals surface area contributed by atoms with E-state index in [-0.39, 0.29) is 24.2 Å². The molecule has 1 aliphatic rings. The fourth-order valence-electron chi connectivity index (χ4n) is 2.17. The molecule has 2 rings (SSSR count). The van der Waals surface area contributed by atoms with Gasteiger partial charge in [0.1, 0.15) is 6.10 Å². The summed E-state index contributed by atoms with van der Waals surface area (Å²) in [4.78, 5) is 11.1. The summed E-state index contributed by atoms with van der Waals surface area (Å²) in [6, 6.07) is 10.1. The van der Waals surface area contributed by atoms with Gasteiger partial charge in [-0.05, 0) is 12.5 Å². The lowest BCUT2D eigenvalue weighted by Gasteiger charge is -2.20. The van der Waals surface area contributed by atoms with E-state index < -0.39 is 0 Å². The first-order valence-corrected chi connectivity index (χ1v) is 6.25. The topological polar surface area (TPSA) is 47.6 Å². The molecule has 18 heavy (non-hydrogen) atoms. The van der Waals surface area contributed by atoms with Crippen molar-refractivity contribution in [2.24, 2.45) is 5.92 Å². The van der Waals surface area contributed by atoms with E-state index in [0.29, 0.717) is 13.2 Å². The van der Waals surface area contributed by atoms with Crippen LogP contribution in [0.5, 0.6) is 0 Å². The van der Waals surface area contributed by atoms with E-state index in [1.165, 1.54) is 0 Å². The summed E-state index contributed by atoms with van der Waals surface area (Å²) in [7, 11) is 0. The Balaban J connectivity index is 1.75. The summed E-state index contributed by atoms with van der Waals surface area (Å²) in [5, 5.41) is 2.74. The predicted octanol–water partition coefficient (Wildman–Crippen LogP) is 2.34. The van der Waals surface area contributed by atoms with Crippen molar-refractivity contribution in [2.75, 3.05) is 6.61 Å². The highest BCUT2D eigenvalue weighted by molar-refractivity contribution is 5.70. The fourth-order valence-corrected chi connectivity index (χ4v) is 2.17. The van der Waals surface area contributed by atoms with Gasteiger partial charge in [0.15, 0.2) is 0 Å². The zero-order valence-electron chi connectivity index (χ0n) is 10.8. The van der Waals surface area contributed by atoms with E-state index in [0.717, 1.165) is 5.56 Å². The smallest absolute Gasteiger partial charge is 0.407 e. The quantitative estimate of drug-likeness (QED) is 0.871. The zero-order valence-corrected chi connectivity index (χ0v) is 10.8. The minimum absolute atomic E-state index is 0.0489. The van der Waals surface area contributed by atoms with Crippen LogP contribution >= 0.6 is 0 Å². The fraction of sp³-hybridized carbons (Fsp3) is 0.500. The van der Waals surface area contributed by atoms with E-state index in [1.54, 1.807) is 0 Å². The van der Waals surface area contributed by atoms with Gasteiger partial charge in [0.2, 0.25) is 0 Å². The summed E-state index contributed by atoms with van der Waals surface area (Å²) >= 11 is 0. The molecule has 4 heteroatoms. The second-order valence-corrected chi connectivity index (χ2v) is 4.78. The number of cyclic esters (lactones) is 1. The van der Waals surface area contributed by atoms with Crippen LogP contribution in [0, 0.1) is 5.92 Å². The summed E-state index contributed by atoms with van der Waals surface area (Å²) in [5.41, 5.74) is 1.15. The number of amides is 1. The molecular weight excluding hydrogens is 230 g/mol. The second-order valence-electron chi connectivity index (χ2n) is 4.78. The number of hydrogen-bond acceptors (Lipinski definition) is 3. The van der Waals surface area contributed by atoms with Crippen LogP contribution in [0.3, 0.4) is 0 Å². The van der Waals surface area contributed by atoms with E-state index in [4.69, 9.17) is 9.47 Å². The molecule has 98 valence electrons. The van der Waals surface area contributed by atoms with Crippen molar-refractivity contribution in [3.8, 4) is 0 Å². The van der Waals surface area contributed by atoms with E-state index >= 15 is 0 Å². The summed E-state index contributed by atoms with van der Waals surface area (Å²) in [6.45, 7) is 5.15. The number of alkyl carbamates (subject to hydrolysis) is 1. The van der Waals surface area contributed by atoms with Gasteiger partial charge in [-0.2, -0.15) is 0 Å². The van der Waals surface area contributed by atoms with Crippen molar-refractivity contribution in [2.45, 2.75) is 32.6 Å². The second kappa shape index (κ2) is 5.87. The van der Waals surface area contributed by atoms with Crippen LogP contribution in [-0.4, -0.2) is 24.8 Å². The average molecular weight is 249 g/mol. The van der Waals surface area contributed by atoms with Gasteiger partial charge in [0, 0.05) is 5.92 Å². The third-order valence-electron chi connectivity index (χ3n) is 3.13. The Bertz CT molecular complexity index is 393. The lowest BCUT2D eigenvalue weighted by atomic mass is 10.0. The minimum atomic E-state index is -0.331. The van der Waals surface area contributed by atoms with E-state index in [1.807, 2.05) is 44.2 Å². The van der Waals surface area contributed by atoms with Gasteiger partial charge >= 0.3 is 6.09 Å². The van der Waals surface area contributed by atoms with Crippen LogP contribution in [0.15, 0.2) is 30.3 Å². The molecule has 1 fully saturated rings. The standard InChI is InChI=1S/C14H19NO3/c1-10(13-11(2)15-14(16)18-13)8-17-9-12-6-4-3-5-7-12/h3-7,10-11,13H,8-9H2,1-2H3,(H,15,16)/t10-,11-,13-/m1/s1. The molecule has 0 unspecified atom stereocenters. The molecule has 0 saturated carbocycles. The van der Waals surface area contributed by atoms with Crippen LogP contribution in [0.25, 0.3) is 0 Å². The molecule has 1 N–H and O–H groups in total. The zero-order chi connectivity index (χ0) is 13.0. The van der Waals surface area contributed by atoms with Crippen molar-refractivity contribution in [3.63, 3.8) is 0 Å². The van der Waals surface area contributed by atoms with Gasteiger partial charge in [-0.3, -0.25) is 0 Å². The van der Waals surface area contributed by atoms with Crippen molar-refractivity contribution in [3.05, 3.63) is 35.9 Å². The lowest BCUT2D eigenvalue weighted by Crippen LogP contribution is -2.34. The van der Waals surface area contributed by atoms with Gasteiger partial charge < -0.3 is 14.8 Å². The lowest BCUT2D eigenvalue weighted by molar-refractivity contribution is 0.0294. The van der Waals surface area contributed by atoms with Crippen LogP contribution < -0.4 is 5.32 Å². The number of nitrogens with one attached hydrogen (secondary N) is 1. The van der Waals surface area contributed by atoms with Crippen LogP contribution in [-0.2, 0) is 16.1 Å². The molecule has 1 aliphatic heterocycles. The Hall–Kier alpha value is -1.55. The molecule has 1 amide bonds. The SMILES string of the molecule is C[C@H](COCc1ccccc1)[C@H]1OC(=O)N[C@@H]1C. The maximum absolute atomic E-state index is 11.1. The first-order valence-electron chi connectivity index (χ1n) is 6.25. The summed E-state index contributed by atoms with van der Waals surface area (Å²) in [5.74, 6) is 0.183. The Labute approximate surface area is 107 Å². The Morgan fingerprint density at radius 1 is 1.39 bits per heavy atom. The number of rotatable bonds is 5. The van der Waals surface area contributed by atoms with Crippen LogP contribution in [0.2, 0.25) is 0 Å². The van der Waals surface area contributed by atoms with Gasteiger partial charge in [0.25, 0.3) is 0 Å². The summed E-state index contributed by atoms with van der Waals surface area (Å²) in [6.07, 6.45) is -0.435. The number of carbonyl (C=O) groups excluding carboxylic acids is 1. The maximum atomic E-state index is 11.1. The number of carbonyl (C=O) groups is 1. The molecule has 0 bridgehead atoms. The van der Waals surface area contributed by atoms with Gasteiger partial charge in [-0.1, -0.05) is 37.3 Å². The van der Waals surface area contributed by atoms with Gasteiger partial charge in [-0.15, -0.1) is 0 Å². The number of ether oxygens (including phenoxy) is 2. The highest BCUT2D eigenvalue weighted by atomic mass is 16.6. The minimum Gasteiger partial charge on any atom is -0.444 e. The molecule has 0 spiro atoms. The highest BCUT2D eigenvalue weighted by Gasteiger charge is 2.34. The van der Waals surface area contributed by atoms with Crippen molar-refractivity contribution < 1.29 is 14.3 Å².